The molecule has 1 fully saturated rings. The van der Waals surface area contributed by atoms with Gasteiger partial charge in [0.25, 0.3) is 0 Å². The zero-order valence-corrected chi connectivity index (χ0v) is 36.6. The number of hydrogen-bond donors (Lipinski definition) is 3. The number of benzene rings is 3. The summed E-state index contributed by atoms with van der Waals surface area (Å²) >= 11 is 3.56. The number of nitrogens with one attached hydrogen (secondary N) is 3. The molecule has 18 nitrogen and oxygen atoms in total. The van der Waals surface area contributed by atoms with Gasteiger partial charge in [-0.1, -0.05) is 18.2 Å². The molecule has 5 aromatic rings. The maximum Gasteiger partial charge on any atom is 0.347 e. The highest BCUT2D eigenvalue weighted by atomic mass is 79.9. The summed E-state index contributed by atoms with van der Waals surface area (Å²) in [5.74, 6) is -0.424. The number of anilines is 2. The van der Waals surface area contributed by atoms with Crippen LogP contribution in [0.3, 0.4) is 0 Å². The highest BCUT2D eigenvalue weighted by molar-refractivity contribution is 9.10. The van der Waals surface area contributed by atoms with Gasteiger partial charge in [-0.15, -0.1) is 0 Å². The molecule has 1 atom stereocenters. The zero-order valence-electron chi connectivity index (χ0n) is 35.0. The Balaban J connectivity index is 0.924. The molecule has 63 heavy (non-hydrogen) atoms. The number of carbonyl (C=O) groups excluding carboxylic acids is 4. The number of likely N-dealkylation sites (tertiary alicyclic amines) is 1. The minimum absolute atomic E-state index is 0.000854. The van der Waals surface area contributed by atoms with Crippen LogP contribution in [0.5, 0.6) is 11.5 Å². The monoisotopic (exact) mass is 924 g/mol. The third-order valence-electron chi connectivity index (χ3n) is 10.5. The van der Waals surface area contributed by atoms with Crippen molar-refractivity contribution in [2.45, 2.75) is 45.3 Å². The summed E-state index contributed by atoms with van der Waals surface area (Å²) in [4.78, 5) is 71.5. The number of carbonyl (C=O) groups is 4. The van der Waals surface area contributed by atoms with Gasteiger partial charge >= 0.3 is 18.0 Å². The number of fused-ring (bicyclic) bond motifs is 1. The van der Waals surface area contributed by atoms with Gasteiger partial charge in [0.15, 0.2) is 6.10 Å². The van der Waals surface area contributed by atoms with Gasteiger partial charge in [-0.3, -0.25) is 39.4 Å². The Kier molecular flexibility index (Phi) is 15.1. The largest absolute Gasteiger partial charge is 0.497 e. The van der Waals surface area contributed by atoms with Crippen LogP contribution < -0.4 is 20.1 Å². The molecule has 0 saturated carbocycles. The molecule has 0 radical (unpaired) electrons. The standard InChI is InChI=1S/C44H49BrN10O8/c1-29(63-39(57)13-12-38(56)55-19-16-48-43(55)51-35-10-11-36-41(40(35)45)47-15-14-46-36)42(58)62-23-21-54(28-30-6-5-7-33(24-30)60-2)44(59)52-34-9-8-31(32-26-49-50-27-32)25-37(34)61-22-20-53-17-3-4-18-53/h5-11,14-15,24-27,29H,3-4,12-13,16-23,28H2,1-2H3,(H,48,51)(H,49,50)(H,52,59). The van der Waals surface area contributed by atoms with Crippen molar-refractivity contribution in [2.75, 3.05) is 70.2 Å². The number of rotatable bonds is 18. The van der Waals surface area contributed by atoms with Crippen molar-refractivity contribution >= 4 is 68.2 Å². The summed E-state index contributed by atoms with van der Waals surface area (Å²) in [6.07, 6.45) is 7.33. The number of aromatic amines is 1. The molecule has 0 spiro atoms. The Morgan fingerprint density at radius 2 is 1.78 bits per heavy atom. The van der Waals surface area contributed by atoms with E-state index in [4.69, 9.17) is 18.9 Å². The average Bonchev–Trinajstić information content (AvgIpc) is 4.12. The Labute approximate surface area is 372 Å². The number of guanidine groups is 1. The lowest BCUT2D eigenvalue weighted by molar-refractivity contribution is -0.167. The fourth-order valence-corrected chi connectivity index (χ4v) is 7.64. The number of hydrogen-bond acceptors (Lipinski definition) is 14. The Hall–Kier alpha value is -6.60. The minimum atomic E-state index is -1.26. The van der Waals surface area contributed by atoms with E-state index in [9.17, 15) is 19.2 Å². The van der Waals surface area contributed by atoms with Crippen LogP contribution in [-0.4, -0.2) is 130 Å². The lowest BCUT2D eigenvalue weighted by atomic mass is 10.1. The van der Waals surface area contributed by atoms with E-state index in [0.717, 1.165) is 36.3 Å². The molecule has 3 N–H and O–H groups in total. The number of aliphatic imine (C=N–C) groups is 1. The fourth-order valence-electron chi connectivity index (χ4n) is 7.10. The topological polar surface area (TPSA) is 206 Å². The summed E-state index contributed by atoms with van der Waals surface area (Å²) in [5, 5.41) is 13.1. The Bertz CT molecular complexity index is 2430. The van der Waals surface area contributed by atoms with Gasteiger partial charge in [0.05, 0.1) is 54.2 Å². The van der Waals surface area contributed by atoms with Crippen molar-refractivity contribution in [3.63, 3.8) is 0 Å². The van der Waals surface area contributed by atoms with E-state index in [1.165, 1.54) is 29.6 Å². The fraction of sp³-hybridized carbons (Fsp3) is 0.364. The summed E-state index contributed by atoms with van der Waals surface area (Å²) in [6.45, 7) is 5.34. The van der Waals surface area contributed by atoms with Crippen LogP contribution in [0.4, 0.5) is 16.2 Å². The number of ether oxygens (including phenoxy) is 4. The summed E-state index contributed by atoms with van der Waals surface area (Å²) in [7, 11) is 1.56. The van der Waals surface area contributed by atoms with Crippen molar-refractivity contribution in [3.05, 3.63) is 89.4 Å². The second-order valence-corrected chi connectivity index (χ2v) is 15.6. The summed E-state index contributed by atoms with van der Waals surface area (Å²) in [6, 6.07) is 16.0. The minimum Gasteiger partial charge on any atom is -0.497 e. The smallest absolute Gasteiger partial charge is 0.347 e. The van der Waals surface area contributed by atoms with E-state index in [1.54, 1.807) is 44.0 Å². The van der Waals surface area contributed by atoms with Gasteiger partial charge in [0.1, 0.15) is 30.2 Å². The summed E-state index contributed by atoms with van der Waals surface area (Å²) < 4.78 is 23.2. The van der Waals surface area contributed by atoms with Crippen molar-refractivity contribution in [3.8, 4) is 22.6 Å². The number of halogens is 1. The molecule has 7 rings (SSSR count). The number of nitrogens with zero attached hydrogens (tertiary/aromatic N) is 7. The molecule has 3 aromatic carbocycles. The maximum atomic E-state index is 14.0. The summed E-state index contributed by atoms with van der Waals surface area (Å²) in [5.41, 5.74) is 4.99. The van der Waals surface area contributed by atoms with E-state index in [-0.39, 0.29) is 38.4 Å². The first kappa shape index (κ1) is 44.5. The number of urea groups is 1. The predicted octanol–water partition coefficient (Wildman–Crippen LogP) is 5.87. The Morgan fingerprint density at radius 1 is 0.952 bits per heavy atom. The normalized spacial score (nSPS) is 14.2. The first-order valence-corrected chi connectivity index (χ1v) is 21.5. The van der Waals surface area contributed by atoms with Crippen molar-refractivity contribution < 1.29 is 38.1 Å². The van der Waals surface area contributed by atoms with Gasteiger partial charge in [-0.25, -0.2) is 9.59 Å². The Morgan fingerprint density at radius 3 is 2.59 bits per heavy atom. The molecular weight excluding hydrogens is 876 g/mol. The van der Waals surface area contributed by atoms with Crippen LogP contribution in [0.15, 0.2) is 88.8 Å². The number of methoxy groups -OCH3 is 1. The third-order valence-corrected chi connectivity index (χ3v) is 11.3. The quantitative estimate of drug-likeness (QED) is 0.0882. The SMILES string of the molecule is COc1cccc(CN(CCOC(=O)C(C)OC(=O)CCC(=O)N2CCN=C2Nc2ccc3nccnc3c2Br)C(=O)Nc2ccc(-c3cn[nH]c3)cc2OCCN2CCCC2)c1. The highest BCUT2D eigenvalue weighted by Gasteiger charge is 2.27. The molecule has 2 aromatic heterocycles. The lowest BCUT2D eigenvalue weighted by Crippen LogP contribution is -2.39. The molecule has 2 aliphatic heterocycles. The first-order valence-electron chi connectivity index (χ1n) is 20.7. The number of H-pyrrole nitrogens is 1. The van der Waals surface area contributed by atoms with E-state index < -0.39 is 24.1 Å². The average molecular weight is 926 g/mol. The molecule has 4 heterocycles. The molecular formula is C44H49BrN10O8. The second kappa shape index (κ2) is 21.5. The van der Waals surface area contributed by atoms with Crippen molar-refractivity contribution in [1.82, 2.24) is 34.9 Å². The molecule has 2 aliphatic rings. The van der Waals surface area contributed by atoms with Crippen LogP contribution in [0.25, 0.3) is 22.2 Å². The van der Waals surface area contributed by atoms with Gasteiger partial charge in [0, 0.05) is 50.2 Å². The van der Waals surface area contributed by atoms with E-state index in [0.29, 0.717) is 64.0 Å². The highest BCUT2D eigenvalue weighted by Crippen LogP contribution is 2.32. The predicted molar refractivity (Wildman–Crippen MR) is 238 cm³/mol. The van der Waals surface area contributed by atoms with Crippen molar-refractivity contribution in [2.24, 2.45) is 4.99 Å². The molecule has 0 bridgehead atoms. The zero-order chi connectivity index (χ0) is 44.1. The third kappa shape index (κ3) is 11.9. The van der Waals surface area contributed by atoms with Gasteiger partial charge in [-0.2, -0.15) is 5.10 Å². The van der Waals surface area contributed by atoms with Crippen LogP contribution in [0, 0.1) is 0 Å². The molecule has 330 valence electrons. The first-order chi connectivity index (χ1) is 30.6. The van der Waals surface area contributed by atoms with Crippen LogP contribution >= 0.6 is 15.9 Å². The van der Waals surface area contributed by atoms with E-state index in [2.05, 4.69) is 56.6 Å². The molecule has 3 amide bonds. The number of aromatic nitrogens is 4. The van der Waals surface area contributed by atoms with Gasteiger partial charge in [-0.05, 0) is 96.3 Å². The lowest BCUT2D eigenvalue weighted by Gasteiger charge is -2.25. The van der Waals surface area contributed by atoms with Gasteiger partial charge in [0.2, 0.25) is 11.9 Å². The van der Waals surface area contributed by atoms with Crippen LogP contribution in [0.2, 0.25) is 0 Å². The maximum absolute atomic E-state index is 14.0. The molecule has 1 saturated heterocycles. The molecule has 0 aliphatic carbocycles. The molecule has 19 heteroatoms. The van der Waals surface area contributed by atoms with E-state index >= 15 is 0 Å². The number of amides is 3. The van der Waals surface area contributed by atoms with E-state index in [1.807, 2.05) is 42.5 Å². The second-order valence-electron chi connectivity index (χ2n) is 14.8. The van der Waals surface area contributed by atoms with Gasteiger partial charge < -0.3 is 34.5 Å². The number of esters is 2. The van der Waals surface area contributed by atoms with Crippen molar-refractivity contribution in [1.29, 1.82) is 0 Å². The van der Waals surface area contributed by atoms with Crippen LogP contribution in [-0.2, 0) is 30.4 Å². The van der Waals surface area contributed by atoms with Crippen LogP contribution in [0.1, 0.15) is 38.2 Å². The molecule has 1 unspecified atom stereocenters.